The van der Waals surface area contributed by atoms with E-state index in [2.05, 4.69) is 11.5 Å². The molecule has 0 bridgehead atoms. The summed E-state index contributed by atoms with van der Waals surface area (Å²) in [5, 5.41) is 2.81. The molecule has 0 nitrogen and oxygen atoms in total. The Morgan fingerprint density at radius 3 is 2.55 bits per heavy atom. The van der Waals surface area contributed by atoms with Crippen LogP contribution in [-0.4, -0.2) is 0 Å². The van der Waals surface area contributed by atoms with E-state index in [1.54, 1.807) is 0 Å². The highest BCUT2D eigenvalue weighted by atomic mass is 35.5. The summed E-state index contributed by atoms with van der Waals surface area (Å²) >= 11 is 5.78. The number of rotatable bonds is 0. The molecule has 0 saturated heterocycles. The molecule has 2 rings (SSSR count). The van der Waals surface area contributed by atoms with Crippen LogP contribution in [0.25, 0.3) is 11.5 Å². The molecule has 0 aromatic heterocycles. The van der Waals surface area contributed by atoms with Crippen LogP contribution in [0, 0.1) is 0 Å². The Morgan fingerprint density at radius 2 is 1.73 bits per heavy atom. The van der Waals surface area contributed by atoms with Crippen LogP contribution in [0.4, 0.5) is 0 Å². The second kappa shape index (κ2) is 2.45. The molecule has 0 N–H and O–H groups in total. The molecule has 1 aromatic rings. The maximum Gasteiger partial charge on any atom is 0.0419 e. The molecular formula is C10H5Cl. The average Bonchev–Trinajstić information content (AvgIpc) is 2.04. The number of halogens is 1. The van der Waals surface area contributed by atoms with Gasteiger partial charge in [-0.2, -0.15) is 0 Å². The van der Waals surface area contributed by atoms with Gasteiger partial charge in [-0.1, -0.05) is 11.6 Å². The number of allylic oxidation sites excluding steroid dienone is 2. The molecule has 0 spiro atoms. The van der Waals surface area contributed by atoms with Gasteiger partial charge in [-0.15, -0.1) is 11.5 Å². The van der Waals surface area contributed by atoms with Crippen LogP contribution in [0.3, 0.4) is 0 Å². The summed E-state index contributed by atoms with van der Waals surface area (Å²) in [6, 6.07) is 5.68. The van der Waals surface area contributed by atoms with Gasteiger partial charge in [0.15, 0.2) is 0 Å². The molecule has 1 aliphatic rings. The Hall–Kier alpha value is -1.19. The SMILES string of the molecule is Clc1ccc2c(c1)=C=CC=C=2. The lowest BCUT2D eigenvalue weighted by molar-refractivity contribution is 1.53. The van der Waals surface area contributed by atoms with Crippen LogP contribution in [0.2, 0.25) is 5.02 Å². The molecule has 0 heterocycles. The van der Waals surface area contributed by atoms with Crippen molar-refractivity contribution >= 4 is 23.1 Å². The molecular weight excluding hydrogens is 156 g/mol. The minimum atomic E-state index is 0.744. The fourth-order valence-electron chi connectivity index (χ4n) is 1.02. The van der Waals surface area contributed by atoms with E-state index in [0.29, 0.717) is 0 Å². The van der Waals surface area contributed by atoms with Crippen molar-refractivity contribution in [3.63, 3.8) is 0 Å². The predicted octanol–water partition coefficient (Wildman–Crippen LogP) is 1.22. The Kier molecular flexibility index (Phi) is 1.45. The summed E-state index contributed by atoms with van der Waals surface area (Å²) in [6.07, 6.45) is 3.68. The van der Waals surface area contributed by atoms with Gasteiger partial charge in [0.2, 0.25) is 0 Å². The number of fused-ring (bicyclic) bond motifs is 1. The minimum absolute atomic E-state index is 0.744. The van der Waals surface area contributed by atoms with Crippen LogP contribution >= 0.6 is 11.6 Å². The fourth-order valence-corrected chi connectivity index (χ4v) is 1.20. The van der Waals surface area contributed by atoms with Gasteiger partial charge in [-0.05, 0) is 30.4 Å². The normalized spacial score (nSPS) is 11.7. The van der Waals surface area contributed by atoms with Gasteiger partial charge in [0.05, 0.1) is 0 Å². The average molecular weight is 161 g/mol. The van der Waals surface area contributed by atoms with Gasteiger partial charge in [0.1, 0.15) is 0 Å². The van der Waals surface area contributed by atoms with Gasteiger partial charge in [0, 0.05) is 15.5 Å². The van der Waals surface area contributed by atoms with Crippen LogP contribution in [0.1, 0.15) is 0 Å². The second-order valence-electron chi connectivity index (χ2n) is 2.31. The first kappa shape index (κ1) is 6.52. The van der Waals surface area contributed by atoms with Crippen LogP contribution in [0.15, 0.2) is 30.4 Å². The van der Waals surface area contributed by atoms with Crippen molar-refractivity contribution in [2.45, 2.75) is 0 Å². The molecule has 1 heteroatoms. The molecule has 0 amide bonds. The van der Waals surface area contributed by atoms with E-state index in [0.717, 1.165) is 15.5 Å². The van der Waals surface area contributed by atoms with E-state index in [1.807, 2.05) is 30.4 Å². The lowest BCUT2D eigenvalue weighted by Crippen LogP contribution is -2.22. The Morgan fingerprint density at radius 1 is 1.00 bits per heavy atom. The van der Waals surface area contributed by atoms with Crippen molar-refractivity contribution in [3.8, 4) is 0 Å². The topological polar surface area (TPSA) is 0 Å². The van der Waals surface area contributed by atoms with E-state index in [-0.39, 0.29) is 0 Å². The molecule has 0 atom stereocenters. The Labute approximate surface area is 69.4 Å². The van der Waals surface area contributed by atoms with Crippen molar-refractivity contribution < 1.29 is 0 Å². The molecule has 52 valence electrons. The molecule has 0 saturated carbocycles. The predicted molar refractivity (Wildman–Crippen MR) is 46.7 cm³/mol. The minimum Gasteiger partial charge on any atom is -0.111 e. The van der Waals surface area contributed by atoms with Crippen molar-refractivity contribution in [2.24, 2.45) is 0 Å². The van der Waals surface area contributed by atoms with Gasteiger partial charge in [0.25, 0.3) is 0 Å². The van der Waals surface area contributed by atoms with E-state index >= 15 is 0 Å². The molecule has 0 aliphatic heterocycles. The lowest BCUT2D eigenvalue weighted by atomic mass is 10.2. The summed E-state index contributed by atoms with van der Waals surface area (Å²) in [6.45, 7) is 0. The third-order valence-electron chi connectivity index (χ3n) is 1.54. The van der Waals surface area contributed by atoms with Crippen molar-refractivity contribution in [3.05, 3.63) is 45.8 Å². The van der Waals surface area contributed by atoms with Gasteiger partial charge >= 0.3 is 0 Å². The Bertz CT molecular complexity index is 470. The highest BCUT2D eigenvalue weighted by Crippen LogP contribution is 1.99. The Balaban J connectivity index is 3.05. The van der Waals surface area contributed by atoms with E-state index in [9.17, 15) is 0 Å². The quantitative estimate of drug-likeness (QED) is 0.536. The summed E-state index contributed by atoms with van der Waals surface area (Å²) < 4.78 is 0. The molecule has 1 aromatic carbocycles. The highest BCUT2D eigenvalue weighted by molar-refractivity contribution is 6.30. The number of benzene rings is 1. The molecule has 11 heavy (non-hydrogen) atoms. The van der Waals surface area contributed by atoms with E-state index < -0.39 is 0 Å². The standard InChI is InChI=1S/C10H5Cl/c11-10-6-5-8-3-1-2-4-9(8)7-10/h1-2,5-7H. The first-order chi connectivity index (χ1) is 5.36. The van der Waals surface area contributed by atoms with Gasteiger partial charge in [-0.25, -0.2) is 0 Å². The molecule has 0 fully saturated rings. The van der Waals surface area contributed by atoms with Crippen molar-refractivity contribution in [1.82, 2.24) is 0 Å². The smallest absolute Gasteiger partial charge is 0.0419 e. The number of hydrogen-bond acceptors (Lipinski definition) is 0. The fraction of sp³-hybridized carbons (Fsp3) is 0. The third-order valence-corrected chi connectivity index (χ3v) is 1.78. The van der Waals surface area contributed by atoms with E-state index in [1.165, 1.54) is 0 Å². The summed E-state index contributed by atoms with van der Waals surface area (Å²) in [5.41, 5.74) is 6.16. The monoisotopic (exact) mass is 160 g/mol. The molecule has 1 aliphatic carbocycles. The highest BCUT2D eigenvalue weighted by Gasteiger charge is 1.87. The summed E-state index contributed by atoms with van der Waals surface area (Å²) in [4.78, 5) is 0. The third kappa shape index (κ3) is 1.15. The van der Waals surface area contributed by atoms with Crippen LogP contribution < -0.4 is 10.4 Å². The lowest BCUT2D eigenvalue weighted by Gasteiger charge is -1.88. The summed E-state index contributed by atoms with van der Waals surface area (Å²) in [7, 11) is 0. The van der Waals surface area contributed by atoms with Gasteiger partial charge < -0.3 is 0 Å². The van der Waals surface area contributed by atoms with Crippen molar-refractivity contribution in [1.29, 1.82) is 0 Å². The first-order valence-electron chi connectivity index (χ1n) is 3.34. The maximum absolute atomic E-state index is 5.78. The van der Waals surface area contributed by atoms with Crippen LogP contribution in [0.5, 0.6) is 0 Å². The number of hydrogen-bond donors (Lipinski definition) is 0. The van der Waals surface area contributed by atoms with Crippen LogP contribution in [-0.2, 0) is 0 Å². The van der Waals surface area contributed by atoms with Crippen molar-refractivity contribution in [2.75, 3.05) is 0 Å². The zero-order chi connectivity index (χ0) is 7.68. The maximum atomic E-state index is 5.78. The first-order valence-corrected chi connectivity index (χ1v) is 3.72. The van der Waals surface area contributed by atoms with Gasteiger partial charge in [-0.3, -0.25) is 0 Å². The van der Waals surface area contributed by atoms with E-state index in [4.69, 9.17) is 11.6 Å². The molecule has 0 radical (unpaired) electrons. The zero-order valence-corrected chi connectivity index (χ0v) is 6.52. The summed E-state index contributed by atoms with van der Waals surface area (Å²) in [5.74, 6) is 0. The zero-order valence-electron chi connectivity index (χ0n) is 5.76. The largest absolute Gasteiger partial charge is 0.111 e. The second-order valence-corrected chi connectivity index (χ2v) is 2.75. The molecule has 0 unspecified atom stereocenters.